The molecule has 174 valence electrons. The van der Waals surface area contributed by atoms with E-state index in [9.17, 15) is 14.4 Å². The van der Waals surface area contributed by atoms with Crippen LogP contribution in [0.25, 0.3) is 0 Å². The summed E-state index contributed by atoms with van der Waals surface area (Å²) < 4.78 is 11.9. The minimum Gasteiger partial charge on any atom is -0.321 e. The Kier molecular flexibility index (Phi) is 15.5. The molecule has 1 rings (SSSR count). The van der Waals surface area contributed by atoms with E-state index in [-0.39, 0.29) is 5.30 Å². The van der Waals surface area contributed by atoms with E-state index in [1.165, 1.54) is 95.5 Å². The van der Waals surface area contributed by atoms with E-state index in [1.807, 2.05) is 6.07 Å². The fourth-order valence-corrected chi connectivity index (χ4v) is 5.01. The third-order valence-corrected chi connectivity index (χ3v) is 7.14. The zero-order valence-corrected chi connectivity index (χ0v) is 20.6. The Morgan fingerprint density at radius 2 is 1.07 bits per heavy atom. The molecule has 1 aromatic rings. The first-order chi connectivity index (χ1) is 14.5. The lowest BCUT2D eigenvalue weighted by Gasteiger charge is -2.13. The van der Waals surface area contributed by atoms with Crippen molar-refractivity contribution in [1.29, 1.82) is 0 Å². The van der Waals surface area contributed by atoms with Gasteiger partial charge >= 0.3 is 7.60 Å². The lowest BCUT2D eigenvalue weighted by molar-refractivity contribution is 0.387. The number of rotatable bonds is 19. The fraction of sp³-hybridized carbons (Fsp3) is 0.769. The van der Waals surface area contributed by atoms with Crippen LogP contribution in [0.4, 0.5) is 0 Å². The molecular weight excluding hydrogens is 391 g/mol. The minimum atomic E-state index is -4.20. The third kappa shape index (κ3) is 12.9. The second-order valence-electron chi connectivity index (χ2n) is 8.96. The fourth-order valence-electron chi connectivity index (χ4n) is 4.19. The standard InChI is InChI=1S/C26H47O3P/c1-3-5-7-9-11-13-15-17-19-24-21-22-26(30(27,28)29)25(23-24)20-18-16-14-12-10-8-6-4-2/h21-23H,3-20H2,1-2H3,(H2,27,28,29). The van der Waals surface area contributed by atoms with E-state index in [0.29, 0.717) is 0 Å². The first kappa shape index (κ1) is 27.4. The molecular formula is C26H47O3P. The maximum absolute atomic E-state index is 11.9. The third-order valence-electron chi connectivity index (χ3n) is 6.08. The predicted molar refractivity (Wildman–Crippen MR) is 131 cm³/mol. The molecule has 0 aromatic heterocycles. The topological polar surface area (TPSA) is 57.5 Å². The maximum atomic E-state index is 11.9. The molecule has 3 nitrogen and oxygen atoms in total. The number of aryl methyl sites for hydroxylation is 2. The Hall–Kier alpha value is -0.630. The number of hydrogen-bond donors (Lipinski definition) is 2. The molecule has 0 heterocycles. The highest BCUT2D eigenvalue weighted by Gasteiger charge is 2.21. The molecule has 0 aliphatic heterocycles. The molecule has 0 bridgehead atoms. The van der Waals surface area contributed by atoms with Gasteiger partial charge in [-0.15, -0.1) is 0 Å². The molecule has 0 saturated heterocycles. The lowest BCUT2D eigenvalue weighted by Crippen LogP contribution is -2.12. The van der Waals surface area contributed by atoms with Gasteiger partial charge in [-0.1, -0.05) is 116 Å². The van der Waals surface area contributed by atoms with E-state index in [0.717, 1.165) is 31.2 Å². The van der Waals surface area contributed by atoms with Gasteiger partial charge in [0.2, 0.25) is 0 Å². The van der Waals surface area contributed by atoms with Gasteiger partial charge in [-0.05, 0) is 42.9 Å². The second kappa shape index (κ2) is 17.0. The van der Waals surface area contributed by atoms with Gasteiger partial charge in [0.05, 0.1) is 5.30 Å². The van der Waals surface area contributed by atoms with Gasteiger partial charge in [0.15, 0.2) is 0 Å². The van der Waals surface area contributed by atoms with Crippen molar-refractivity contribution < 1.29 is 14.4 Å². The maximum Gasteiger partial charge on any atom is 0.356 e. The van der Waals surface area contributed by atoms with Crippen molar-refractivity contribution in [2.24, 2.45) is 0 Å². The zero-order chi connectivity index (χ0) is 22.1. The quantitative estimate of drug-likeness (QED) is 0.171. The van der Waals surface area contributed by atoms with Crippen molar-refractivity contribution in [2.75, 3.05) is 0 Å². The highest BCUT2D eigenvalue weighted by Crippen LogP contribution is 2.35. The lowest BCUT2D eigenvalue weighted by atomic mass is 9.99. The van der Waals surface area contributed by atoms with Gasteiger partial charge in [-0.3, -0.25) is 4.57 Å². The number of benzene rings is 1. The van der Waals surface area contributed by atoms with Gasteiger partial charge in [-0.2, -0.15) is 0 Å². The van der Waals surface area contributed by atoms with E-state index < -0.39 is 7.60 Å². The molecule has 0 amide bonds. The Bertz CT molecular complexity index is 594. The van der Waals surface area contributed by atoms with Crippen LogP contribution in [0.3, 0.4) is 0 Å². The molecule has 30 heavy (non-hydrogen) atoms. The summed E-state index contributed by atoms with van der Waals surface area (Å²) in [6.45, 7) is 4.49. The number of unbranched alkanes of at least 4 members (excludes halogenated alkanes) is 14. The predicted octanol–water partition coefficient (Wildman–Crippen LogP) is 7.86. The molecule has 1 aromatic carbocycles. The van der Waals surface area contributed by atoms with Gasteiger partial charge in [0.1, 0.15) is 0 Å². The molecule has 0 unspecified atom stereocenters. The molecule has 0 fully saturated rings. The van der Waals surface area contributed by atoms with E-state index in [4.69, 9.17) is 0 Å². The van der Waals surface area contributed by atoms with Gasteiger partial charge < -0.3 is 9.79 Å². The van der Waals surface area contributed by atoms with Crippen LogP contribution in [0, 0.1) is 0 Å². The SMILES string of the molecule is CCCCCCCCCCc1ccc(P(=O)(O)O)c(CCCCCCCCCC)c1. The van der Waals surface area contributed by atoms with Gasteiger partial charge in [-0.25, -0.2) is 0 Å². The van der Waals surface area contributed by atoms with Crippen LogP contribution in [-0.2, 0) is 17.4 Å². The van der Waals surface area contributed by atoms with Crippen LogP contribution in [0.5, 0.6) is 0 Å². The summed E-state index contributed by atoms with van der Waals surface area (Å²) in [6.07, 6.45) is 22.1. The average Bonchev–Trinajstić information content (AvgIpc) is 2.71. The molecule has 0 saturated carbocycles. The Morgan fingerprint density at radius 3 is 1.53 bits per heavy atom. The van der Waals surface area contributed by atoms with Crippen LogP contribution in [-0.4, -0.2) is 9.79 Å². The van der Waals surface area contributed by atoms with Crippen molar-refractivity contribution >= 4 is 12.9 Å². The zero-order valence-electron chi connectivity index (χ0n) is 19.7. The molecule has 0 aliphatic rings. The average molecular weight is 439 g/mol. The summed E-state index contributed by atoms with van der Waals surface area (Å²) in [7, 11) is -4.20. The first-order valence-electron chi connectivity index (χ1n) is 12.7. The van der Waals surface area contributed by atoms with Crippen molar-refractivity contribution in [1.82, 2.24) is 0 Å². The Labute approximate surface area is 186 Å². The van der Waals surface area contributed by atoms with Crippen molar-refractivity contribution in [3.63, 3.8) is 0 Å². The van der Waals surface area contributed by atoms with Crippen molar-refractivity contribution in [3.05, 3.63) is 29.3 Å². The molecule has 2 N–H and O–H groups in total. The van der Waals surface area contributed by atoms with E-state index >= 15 is 0 Å². The Balaban J connectivity index is 2.41. The molecule has 0 spiro atoms. The summed E-state index contributed by atoms with van der Waals surface area (Å²) >= 11 is 0. The molecule has 0 aliphatic carbocycles. The van der Waals surface area contributed by atoms with Gasteiger partial charge in [0, 0.05) is 0 Å². The molecule has 0 radical (unpaired) electrons. The largest absolute Gasteiger partial charge is 0.356 e. The monoisotopic (exact) mass is 438 g/mol. The smallest absolute Gasteiger partial charge is 0.321 e. The highest BCUT2D eigenvalue weighted by atomic mass is 31.2. The van der Waals surface area contributed by atoms with Crippen molar-refractivity contribution in [2.45, 2.75) is 129 Å². The summed E-state index contributed by atoms with van der Waals surface area (Å²) in [5.41, 5.74) is 2.10. The summed E-state index contributed by atoms with van der Waals surface area (Å²) in [5.74, 6) is 0. The summed E-state index contributed by atoms with van der Waals surface area (Å²) in [6, 6.07) is 5.67. The summed E-state index contributed by atoms with van der Waals surface area (Å²) in [4.78, 5) is 19.5. The van der Waals surface area contributed by atoms with E-state index in [2.05, 4.69) is 19.9 Å². The van der Waals surface area contributed by atoms with Crippen LogP contribution < -0.4 is 5.30 Å². The van der Waals surface area contributed by atoms with Crippen molar-refractivity contribution in [3.8, 4) is 0 Å². The Morgan fingerprint density at radius 1 is 0.633 bits per heavy atom. The highest BCUT2D eigenvalue weighted by molar-refractivity contribution is 7.60. The van der Waals surface area contributed by atoms with E-state index in [1.54, 1.807) is 6.07 Å². The minimum absolute atomic E-state index is 0.241. The molecule has 4 heteroatoms. The van der Waals surface area contributed by atoms with Crippen LogP contribution >= 0.6 is 7.60 Å². The summed E-state index contributed by atoms with van der Waals surface area (Å²) in [5, 5.41) is 0.241. The van der Waals surface area contributed by atoms with Gasteiger partial charge in [0.25, 0.3) is 0 Å². The van der Waals surface area contributed by atoms with Crippen LogP contribution in [0.2, 0.25) is 0 Å². The normalized spacial score (nSPS) is 11.9. The number of hydrogen-bond acceptors (Lipinski definition) is 1. The second-order valence-corrected chi connectivity index (χ2v) is 10.5. The molecule has 0 atom stereocenters. The van der Waals surface area contributed by atoms with Crippen LogP contribution in [0.1, 0.15) is 128 Å². The van der Waals surface area contributed by atoms with Crippen LogP contribution in [0.15, 0.2) is 18.2 Å². The first-order valence-corrected chi connectivity index (χ1v) is 14.3.